The van der Waals surface area contributed by atoms with E-state index in [1.807, 2.05) is 0 Å². The molecule has 1 unspecified atom stereocenters. The van der Waals surface area contributed by atoms with Crippen molar-refractivity contribution in [2.24, 2.45) is 0 Å². The molecule has 0 radical (unpaired) electrons. The molecule has 18 heavy (non-hydrogen) atoms. The summed E-state index contributed by atoms with van der Waals surface area (Å²) in [6.45, 7) is 0.572. The first-order valence-electron chi connectivity index (χ1n) is 5.78. The molecule has 1 aliphatic rings. The van der Waals surface area contributed by atoms with Gasteiger partial charge in [0, 0.05) is 19.8 Å². The number of likely N-dealkylation sites (tertiary alicyclic amines) is 1. The van der Waals surface area contributed by atoms with E-state index in [0.29, 0.717) is 18.5 Å². The van der Waals surface area contributed by atoms with Crippen molar-refractivity contribution in [1.82, 2.24) is 15.2 Å². The van der Waals surface area contributed by atoms with E-state index >= 15 is 0 Å². The number of likely N-dealkylation sites (N-methyl/N-ethyl adjacent to an activating group) is 1. The van der Waals surface area contributed by atoms with Crippen LogP contribution in [0.3, 0.4) is 0 Å². The summed E-state index contributed by atoms with van der Waals surface area (Å²) in [4.78, 5) is 29.4. The van der Waals surface area contributed by atoms with E-state index in [2.05, 4.69) is 10.3 Å². The summed E-state index contributed by atoms with van der Waals surface area (Å²) in [6.07, 6.45) is 3.03. The van der Waals surface area contributed by atoms with Crippen LogP contribution in [-0.2, 0) is 4.79 Å². The fourth-order valence-electron chi connectivity index (χ4n) is 2.15. The molecule has 0 spiro atoms. The van der Waals surface area contributed by atoms with Crippen molar-refractivity contribution in [1.29, 1.82) is 0 Å². The highest BCUT2D eigenvalue weighted by atomic mass is 35.5. The first-order valence-corrected chi connectivity index (χ1v) is 6.16. The number of pyridine rings is 1. The van der Waals surface area contributed by atoms with Crippen LogP contribution in [0, 0.1) is 0 Å². The number of rotatable bonds is 2. The van der Waals surface area contributed by atoms with Crippen LogP contribution in [0.5, 0.6) is 0 Å². The number of halogens is 1. The number of nitrogens with one attached hydrogen (secondary N) is 1. The zero-order valence-corrected chi connectivity index (χ0v) is 10.8. The Hall–Kier alpha value is -1.62. The molecule has 1 fully saturated rings. The lowest BCUT2D eigenvalue weighted by Crippen LogP contribution is -2.45. The molecule has 1 saturated heterocycles. The second-order valence-electron chi connectivity index (χ2n) is 4.11. The topological polar surface area (TPSA) is 62.3 Å². The van der Waals surface area contributed by atoms with E-state index in [4.69, 9.17) is 11.6 Å². The van der Waals surface area contributed by atoms with Gasteiger partial charge in [0.1, 0.15) is 11.2 Å². The molecule has 0 aromatic carbocycles. The van der Waals surface area contributed by atoms with Crippen LogP contribution in [0.25, 0.3) is 0 Å². The number of carbonyl (C=O) groups is 2. The molecule has 96 valence electrons. The molecule has 6 heteroatoms. The molecule has 0 aliphatic carbocycles. The Labute approximate surface area is 110 Å². The normalized spacial score (nSPS) is 18.8. The molecule has 0 saturated carbocycles. The average molecular weight is 268 g/mol. The number of hydrogen-bond acceptors (Lipinski definition) is 3. The first-order chi connectivity index (χ1) is 8.65. The Morgan fingerprint density at radius 2 is 2.33 bits per heavy atom. The zero-order chi connectivity index (χ0) is 13.1. The lowest BCUT2D eigenvalue weighted by molar-refractivity contribution is -0.124. The third-order valence-corrected chi connectivity index (χ3v) is 3.35. The van der Waals surface area contributed by atoms with Crippen LogP contribution in [0.15, 0.2) is 18.3 Å². The van der Waals surface area contributed by atoms with Crippen molar-refractivity contribution in [3.05, 3.63) is 29.0 Å². The summed E-state index contributed by atoms with van der Waals surface area (Å²) in [7, 11) is 1.57. The number of hydrogen-bond donors (Lipinski definition) is 1. The van der Waals surface area contributed by atoms with Crippen LogP contribution in [-0.4, -0.2) is 41.3 Å². The Morgan fingerprint density at radius 1 is 1.56 bits per heavy atom. The molecule has 5 nitrogen and oxygen atoms in total. The maximum absolute atomic E-state index is 12.3. The molecule has 2 heterocycles. The van der Waals surface area contributed by atoms with Gasteiger partial charge in [-0.15, -0.1) is 0 Å². The van der Waals surface area contributed by atoms with Gasteiger partial charge in [-0.1, -0.05) is 11.6 Å². The molecule has 1 aliphatic heterocycles. The predicted molar refractivity (Wildman–Crippen MR) is 67.4 cm³/mol. The highest BCUT2D eigenvalue weighted by molar-refractivity contribution is 6.32. The second kappa shape index (κ2) is 5.35. The standard InChI is InChI=1S/C12H14ClN3O2/c1-14-11(17)9-5-3-7-16(9)12(18)8-4-2-6-15-10(8)13/h2,4,6,9H,3,5,7H2,1H3,(H,14,17). The van der Waals surface area contributed by atoms with Crippen molar-refractivity contribution in [2.75, 3.05) is 13.6 Å². The number of nitrogens with zero attached hydrogens (tertiary/aromatic N) is 2. The van der Waals surface area contributed by atoms with Gasteiger partial charge in [-0.25, -0.2) is 4.98 Å². The third kappa shape index (κ3) is 2.31. The fourth-order valence-corrected chi connectivity index (χ4v) is 2.35. The fraction of sp³-hybridized carbons (Fsp3) is 0.417. The van der Waals surface area contributed by atoms with Gasteiger partial charge in [-0.2, -0.15) is 0 Å². The Morgan fingerprint density at radius 3 is 3.00 bits per heavy atom. The van der Waals surface area contributed by atoms with Crippen LogP contribution < -0.4 is 5.32 Å². The van der Waals surface area contributed by atoms with E-state index in [1.54, 1.807) is 24.1 Å². The maximum Gasteiger partial charge on any atom is 0.257 e. The van der Waals surface area contributed by atoms with Crippen molar-refractivity contribution in [3.63, 3.8) is 0 Å². The van der Waals surface area contributed by atoms with Gasteiger partial charge in [0.25, 0.3) is 5.91 Å². The van der Waals surface area contributed by atoms with Crippen LogP contribution >= 0.6 is 11.6 Å². The summed E-state index contributed by atoms with van der Waals surface area (Å²) in [6, 6.07) is 2.87. The smallest absolute Gasteiger partial charge is 0.257 e. The van der Waals surface area contributed by atoms with Gasteiger partial charge >= 0.3 is 0 Å². The van der Waals surface area contributed by atoms with Gasteiger partial charge in [-0.05, 0) is 25.0 Å². The summed E-state index contributed by atoms with van der Waals surface area (Å²) in [5, 5.41) is 2.75. The van der Waals surface area contributed by atoms with Crippen LogP contribution in [0.4, 0.5) is 0 Å². The van der Waals surface area contributed by atoms with Gasteiger partial charge < -0.3 is 10.2 Å². The zero-order valence-electron chi connectivity index (χ0n) is 10.0. The minimum atomic E-state index is -0.404. The highest BCUT2D eigenvalue weighted by Crippen LogP contribution is 2.22. The maximum atomic E-state index is 12.3. The largest absolute Gasteiger partial charge is 0.357 e. The third-order valence-electron chi connectivity index (χ3n) is 3.05. The molecular formula is C12H14ClN3O2. The monoisotopic (exact) mass is 267 g/mol. The van der Waals surface area contributed by atoms with E-state index in [1.165, 1.54) is 6.20 Å². The van der Waals surface area contributed by atoms with E-state index in [9.17, 15) is 9.59 Å². The summed E-state index contributed by atoms with van der Waals surface area (Å²) in [5.41, 5.74) is 0.343. The quantitative estimate of drug-likeness (QED) is 0.816. The highest BCUT2D eigenvalue weighted by Gasteiger charge is 2.34. The number of carbonyl (C=O) groups excluding carboxylic acids is 2. The Balaban J connectivity index is 2.23. The van der Waals surface area contributed by atoms with Gasteiger partial charge in [0.05, 0.1) is 5.56 Å². The van der Waals surface area contributed by atoms with E-state index in [0.717, 1.165) is 6.42 Å². The molecule has 1 aromatic rings. The first kappa shape index (κ1) is 12.8. The lowest BCUT2D eigenvalue weighted by Gasteiger charge is -2.23. The molecular weight excluding hydrogens is 254 g/mol. The second-order valence-corrected chi connectivity index (χ2v) is 4.47. The molecule has 2 amide bonds. The Kier molecular flexibility index (Phi) is 3.81. The van der Waals surface area contributed by atoms with Gasteiger partial charge in [-0.3, -0.25) is 9.59 Å². The van der Waals surface area contributed by atoms with E-state index < -0.39 is 6.04 Å². The SMILES string of the molecule is CNC(=O)C1CCCN1C(=O)c1cccnc1Cl. The lowest BCUT2D eigenvalue weighted by atomic mass is 10.2. The summed E-state index contributed by atoms with van der Waals surface area (Å²) in [5.74, 6) is -0.375. The summed E-state index contributed by atoms with van der Waals surface area (Å²) >= 11 is 5.90. The molecule has 1 aromatic heterocycles. The Bertz CT molecular complexity index is 478. The van der Waals surface area contributed by atoms with Crippen LogP contribution in [0.2, 0.25) is 5.15 Å². The number of aromatic nitrogens is 1. The minimum Gasteiger partial charge on any atom is -0.357 e. The van der Waals surface area contributed by atoms with Crippen molar-refractivity contribution in [2.45, 2.75) is 18.9 Å². The molecule has 0 bridgehead atoms. The van der Waals surface area contributed by atoms with Gasteiger partial charge in [0.15, 0.2) is 0 Å². The van der Waals surface area contributed by atoms with Crippen molar-refractivity contribution >= 4 is 23.4 Å². The van der Waals surface area contributed by atoms with Crippen molar-refractivity contribution < 1.29 is 9.59 Å². The minimum absolute atomic E-state index is 0.138. The average Bonchev–Trinajstić information content (AvgIpc) is 2.86. The molecule has 1 N–H and O–H groups in total. The summed E-state index contributed by atoms with van der Waals surface area (Å²) < 4.78 is 0. The van der Waals surface area contributed by atoms with Gasteiger partial charge in [0.2, 0.25) is 5.91 Å². The molecule has 2 rings (SSSR count). The van der Waals surface area contributed by atoms with Crippen LogP contribution in [0.1, 0.15) is 23.2 Å². The predicted octanol–water partition coefficient (Wildman–Crippen LogP) is 1.09. The van der Waals surface area contributed by atoms with Crippen molar-refractivity contribution in [3.8, 4) is 0 Å². The van der Waals surface area contributed by atoms with E-state index in [-0.39, 0.29) is 17.0 Å². The molecule has 1 atom stereocenters. The number of amides is 2.